The topological polar surface area (TPSA) is 80.1 Å². The second-order valence-electron chi connectivity index (χ2n) is 5.61. The summed E-state index contributed by atoms with van der Waals surface area (Å²) in [6.45, 7) is 1.68. The molecule has 0 saturated heterocycles. The van der Waals surface area contributed by atoms with Crippen LogP contribution in [0, 0.1) is 28.4 Å². The first-order valence-electron chi connectivity index (χ1n) is 7.71. The lowest BCUT2D eigenvalue weighted by Crippen LogP contribution is -1.91. The number of nitrogens with zero attached hydrogens (tertiary/aromatic N) is 2. The number of halogens is 1. The fourth-order valence-corrected chi connectivity index (χ4v) is 2.77. The summed E-state index contributed by atoms with van der Waals surface area (Å²) in [4.78, 5) is 10.7. The molecule has 0 spiro atoms. The molecule has 5 nitrogen and oxygen atoms in total. The molecule has 0 radical (unpaired) electrons. The number of allylic oxidation sites excluding steroid dienone is 1. The van der Waals surface area contributed by atoms with Crippen molar-refractivity contribution in [2.24, 2.45) is 0 Å². The second-order valence-corrected chi connectivity index (χ2v) is 6.02. The summed E-state index contributed by atoms with van der Waals surface area (Å²) in [5.41, 5.74) is 2.19. The van der Waals surface area contributed by atoms with Crippen molar-refractivity contribution >= 4 is 28.9 Å². The molecule has 3 rings (SSSR count). The van der Waals surface area contributed by atoms with Crippen molar-refractivity contribution in [2.45, 2.75) is 6.92 Å². The summed E-state index contributed by atoms with van der Waals surface area (Å²) in [7, 11) is 0. The number of nitro benzene ring substituents is 1. The highest BCUT2D eigenvalue weighted by atomic mass is 35.5. The van der Waals surface area contributed by atoms with Crippen LogP contribution in [0.4, 0.5) is 5.69 Å². The van der Waals surface area contributed by atoms with Gasteiger partial charge in [0.05, 0.1) is 16.6 Å². The molecule has 1 heterocycles. The van der Waals surface area contributed by atoms with Gasteiger partial charge in [0.25, 0.3) is 5.69 Å². The van der Waals surface area contributed by atoms with E-state index in [0.29, 0.717) is 38.8 Å². The van der Waals surface area contributed by atoms with Crippen LogP contribution in [0.2, 0.25) is 5.02 Å². The first-order valence-corrected chi connectivity index (χ1v) is 8.09. The number of nitro groups is 1. The number of hydrogen-bond donors (Lipinski definition) is 0. The van der Waals surface area contributed by atoms with Crippen molar-refractivity contribution < 1.29 is 9.34 Å². The van der Waals surface area contributed by atoms with Crippen LogP contribution >= 0.6 is 11.6 Å². The summed E-state index contributed by atoms with van der Waals surface area (Å²) in [5, 5.41) is 21.0. The first kappa shape index (κ1) is 17.5. The Kier molecular flexibility index (Phi) is 4.87. The molecule has 0 N–H and O–H groups in total. The largest absolute Gasteiger partial charge is 0.457 e. The smallest absolute Gasteiger partial charge is 0.273 e. The van der Waals surface area contributed by atoms with Crippen molar-refractivity contribution in [3.8, 4) is 17.4 Å². The summed E-state index contributed by atoms with van der Waals surface area (Å²) < 4.78 is 5.74. The van der Waals surface area contributed by atoms with Crippen molar-refractivity contribution in [1.29, 1.82) is 5.26 Å². The molecule has 0 atom stereocenters. The number of nitriles is 1. The Hall–Kier alpha value is -3.36. The average Bonchev–Trinajstić information content (AvgIpc) is 3.09. The van der Waals surface area contributed by atoms with Gasteiger partial charge in [-0.3, -0.25) is 10.1 Å². The molecule has 3 aromatic rings. The fourth-order valence-electron chi connectivity index (χ4n) is 2.54. The van der Waals surface area contributed by atoms with Crippen LogP contribution in [0.5, 0.6) is 0 Å². The highest BCUT2D eigenvalue weighted by Gasteiger charge is 2.14. The Morgan fingerprint density at radius 2 is 2.00 bits per heavy atom. The zero-order chi connectivity index (χ0) is 18.7. The van der Waals surface area contributed by atoms with Crippen molar-refractivity contribution in [3.63, 3.8) is 0 Å². The van der Waals surface area contributed by atoms with E-state index < -0.39 is 4.92 Å². The lowest BCUT2D eigenvalue weighted by Gasteiger charge is -2.02. The molecule has 0 fully saturated rings. The minimum absolute atomic E-state index is 0.0322. The molecule has 0 amide bonds. The average molecular weight is 365 g/mol. The van der Waals surface area contributed by atoms with E-state index in [-0.39, 0.29) is 5.69 Å². The number of benzene rings is 2. The van der Waals surface area contributed by atoms with Gasteiger partial charge in [-0.15, -0.1) is 0 Å². The maximum Gasteiger partial charge on any atom is 0.273 e. The van der Waals surface area contributed by atoms with Crippen LogP contribution in [-0.4, -0.2) is 4.92 Å². The van der Waals surface area contributed by atoms with E-state index in [9.17, 15) is 15.4 Å². The van der Waals surface area contributed by atoms with E-state index in [1.807, 2.05) is 0 Å². The Labute approximate surface area is 154 Å². The first-order chi connectivity index (χ1) is 12.5. The monoisotopic (exact) mass is 364 g/mol. The van der Waals surface area contributed by atoms with E-state index in [1.165, 1.54) is 6.07 Å². The van der Waals surface area contributed by atoms with Crippen LogP contribution in [-0.2, 0) is 0 Å². The number of aryl methyl sites for hydroxylation is 1. The standard InChI is InChI=1S/C20H13ClN2O3/c1-13-6-7-14(11-19(13)23(24)25)20-9-8-16(26-20)10-15(12-22)17-4-2-3-5-18(17)21/h2-11H,1H3. The molecule has 0 aliphatic rings. The van der Waals surface area contributed by atoms with E-state index in [0.717, 1.165) is 0 Å². The summed E-state index contributed by atoms with van der Waals surface area (Å²) in [5.74, 6) is 0.940. The highest BCUT2D eigenvalue weighted by molar-refractivity contribution is 6.32. The molecule has 0 aliphatic heterocycles. The third-order valence-electron chi connectivity index (χ3n) is 3.89. The molecule has 128 valence electrons. The van der Waals surface area contributed by atoms with Crippen LogP contribution in [0.25, 0.3) is 23.0 Å². The predicted octanol–water partition coefficient (Wildman–Crippen LogP) is 5.88. The molecule has 6 heteroatoms. The van der Waals surface area contributed by atoms with Gasteiger partial charge in [-0.25, -0.2) is 0 Å². The van der Waals surface area contributed by atoms with Crippen molar-refractivity contribution in [3.05, 3.63) is 86.6 Å². The molecule has 1 aromatic heterocycles. The third-order valence-corrected chi connectivity index (χ3v) is 4.22. The molecular formula is C20H13ClN2O3. The van der Waals surface area contributed by atoms with Crippen molar-refractivity contribution in [2.75, 3.05) is 0 Å². The molecule has 0 saturated carbocycles. The van der Waals surface area contributed by atoms with Gasteiger partial charge in [0.1, 0.15) is 11.5 Å². The second kappa shape index (κ2) is 7.26. The lowest BCUT2D eigenvalue weighted by molar-refractivity contribution is -0.385. The molecule has 26 heavy (non-hydrogen) atoms. The number of hydrogen-bond acceptors (Lipinski definition) is 4. The Bertz CT molecular complexity index is 1060. The molecule has 2 aromatic carbocycles. The quantitative estimate of drug-likeness (QED) is 0.329. The Morgan fingerprint density at radius 3 is 2.69 bits per heavy atom. The molecule has 0 bridgehead atoms. The van der Waals surface area contributed by atoms with Crippen LogP contribution in [0.1, 0.15) is 16.9 Å². The van der Waals surface area contributed by atoms with E-state index in [2.05, 4.69) is 6.07 Å². The third kappa shape index (κ3) is 3.51. The molecule has 0 unspecified atom stereocenters. The highest BCUT2D eigenvalue weighted by Crippen LogP contribution is 2.30. The van der Waals surface area contributed by atoms with Crippen molar-refractivity contribution in [1.82, 2.24) is 0 Å². The van der Waals surface area contributed by atoms with Gasteiger partial charge < -0.3 is 4.42 Å². The molecular weight excluding hydrogens is 352 g/mol. The van der Waals surface area contributed by atoms with E-state index in [1.54, 1.807) is 61.5 Å². The van der Waals surface area contributed by atoms with Gasteiger partial charge in [-0.2, -0.15) is 5.26 Å². The summed E-state index contributed by atoms with van der Waals surface area (Å²) in [6.07, 6.45) is 1.59. The van der Waals surface area contributed by atoms with Crippen LogP contribution < -0.4 is 0 Å². The summed E-state index contributed by atoms with van der Waals surface area (Å²) in [6, 6.07) is 17.5. The molecule has 0 aliphatic carbocycles. The van der Waals surface area contributed by atoms with Gasteiger partial charge in [0, 0.05) is 27.8 Å². The number of rotatable bonds is 4. The van der Waals surface area contributed by atoms with Gasteiger partial charge in [0.15, 0.2) is 0 Å². The maximum absolute atomic E-state index is 11.1. The van der Waals surface area contributed by atoms with E-state index in [4.69, 9.17) is 16.0 Å². The predicted molar refractivity (Wildman–Crippen MR) is 100 cm³/mol. The van der Waals surface area contributed by atoms with Gasteiger partial charge in [-0.1, -0.05) is 41.9 Å². The Morgan fingerprint density at radius 1 is 1.23 bits per heavy atom. The zero-order valence-corrected chi connectivity index (χ0v) is 14.5. The lowest BCUT2D eigenvalue weighted by atomic mass is 10.1. The van der Waals surface area contributed by atoms with E-state index >= 15 is 0 Å². The number of furan rings is 1. The zero-order valence-electron chi connectivity index (χ0n) is 13.8. The van der Waals surface area contributed by atoms with Crippen LogP contribution in [0.3, 0.4) is 0 Å². The van der Waals surface area contributed by atoms with Gasteiger partial charge in [-0.05, 0) is 31.2 Å². The minimum atomic E-state index is -0.423. The fraction of sp³-hybridized carbons (Fsp3) is 0.0500. The SMILES string of the molecule is Cc1ccc(-c2ccc(C=C(C#N)c3ccccc3Cl)o2)cc1[N+](=O)[O-]. The van der Waals surface area contributed by atoms with Gasteiger partial charge in [0.2, 0.25) is 0 Å². The van der Waals surface area contributed by atoms with Gasteiger partial charge >= 0.3 is 0 Å². The Balaban J connectivity index is 1.98. The minimum Gasteiger partial charge on any atom is -0.457 e. The maximum atomic E-state index is 11.1. The van der Waals surface area contributed by atoms with Crippen LogP contribution in [0.15, 0.2) is 59.0 Å². The normalized spacial score (nSPS) is 11.2. The summed E-state index contributed by atoms with van der Waals surface area (Å²) >= 11 is 6.14.